The van der Waals surface area contributed by atoms with Crippen LogP contribution in [0.3, 0.4) is 0 Å². The van der Waals surface area contributed by atoms with E-state index in [0.29, 0.717) is 23.1 Å². The SMILES string of the molecule is Cc1ccc2c(c1)S(=O)(=O)NC(=NCCCN(C)C)N2C. The van der Waals surface area contributed by atoms with E-state index in [-0.39, 0.29) is 0 Å². The van der Waals surface area contributed by atoms with Crippen LogP contribution in [0.2, 0.25) is 0 Å². The summed E-state index contributed by atoms with van der Waals surface area (Å²) in [7, 11) is 2.29. The topological polar surface area (TPSA) is 65.0 Å². The van der Waals surface area contributed by atoms with E-state index in [9.17, 15) is 8.42 Å². The Kier molecular flexibility index (Phi) is 4.53. The lowest BCUT2D eigenvalue weighted by Gasteiger charge is -2.29. The lowest BCUT2D eigenvalue weighted by Crippen LogP contribution is -2.47. The van der Waals surface area contributed by atoms with E-state index in [1.54, 1.807) is 11.0 Å². The molecule has 0 bridgehead atoms. The van der Waals surface area contributed by atoms with Crippen LogP contribution in [-0.2, 0) is 10.0 Å². The van der Waals surface area contributed by atoms with Crippen LogP contribution in [0.1, 0.15) is 12.0 Å². The van der Waals surface area contributed by atoms with Gasteiger partial charge in [-0.2, -0.15) is 0 Å². The summed E-state index contributed by atoms with van der Waals surface area (Å²) in [5.74, 6) is 0.380. The predicted molar refractivity (Wildman–Crippen MR) is 85.4 cm³/mol. The number of rotatable bonds is 4. The van der Waals surface area contributed by atoms with Crippen LogP contribution in [0.4, 0.5) is 5.69 Å². The maximum Gasteiger partial charge on any atom is 0.266 e. The molecular formula is C14H22N4O2S. The summed E-state index contributed by atoms with van der Waals surface area (Å²) < 4.78 is 27.1. The smallest absolute Gasteiger partial charge is 0.266 e. The molecule has 21 heavy (non-hydrogen) atoms. The molecule has 0 radical (unpaired) electrons. The molecule has 6 nitrogen and oxygen atoms in total. The lowest BCUT2D eigenvalue weighted by molar-refractivity contribution is 0.403. The highest BCUT2D eigenvalue weighted by Crippen LogP contribution is 2.29. The number of hydrogen-bond acceptors (Lipinski definition) is 4. The highest BCUT2D eigenvalue weighted by Gasteiger charge is 2.30. The molecule has 0 aromatic heterocycles. The Bertz CT molecular complexity index is 653. The van der Waals surface area contributed by atoms with Crippen molar-refractivity contribution < 1.29 is 8.42 Å². The third kappa shape index (κ3) is 3.54. The zero-order valence-electron chi connectivity index (χ0n) is 12.9. The first-order valence-corrected chi connectivity index (χ1v) is 8.36. The van der Waals surface area contributed by atoms with E-state index >= 15 is 0 Å². The molecule has 0 unspecified atom stereocenters. The quantitative estimate of drug-likeness (QED) is 0.844. The Morgan fingerprint density at radius 1 is 1.33 bits per heavy atom. The molecule has 1 aliphatic rings. The average Bonchev–Trinajstić information content (AvgIpc) is 2.40. The molecule has 1 aromatic carbocycles. The molecule has 0 atom stereocenters. The van der Waals surface area contributed by atoms with Gasteiger partial charge in [0, 0.05) is 13.6 Å². The fraction of sp³-hybridized carbons (Fsp3) is 0.500. The predicted octanol–water partition coefficient (Wildman–Crippen LogP) is 1.03. The van der Waals surface area contributed by atoms with E-state index in [1.165, 1.54) is 0 Å². The average molecular weight is 310 g/mol. The number of aliphatic imine (C=N–C) groups is 1. The molecule has 1 heterocycles. The standard InChI is InChI=1S/C14H22N4O2S/c1-11-6-7-12-13(10-11)21(19,20)16-14(18(12)4)15-8-5-9-17(2)3/h6-7,10H,5,8-9H2,1-4H3,(H,15,16). The first-order chi connectivity index (χ1) is 9.81. The molecule has 0 spiro atoms. The lowest BCUT2D eigenvalue weighted by atomic mass is 10.2. The molecule has 7 heteroatoms. The number of nitrogens with zero attached hydrogens (tertiary/aromatic N) is 3. The second-order valence-corrected chi connectivity index (χ2v) is 7.15. The summed E-state index contributed by atoms with van der Waals surface area (Å²) in [6.45, 7) is 3.38. The van der Waals surface area contributed by atoms with E-state index in [4.69, 9.17) is 0 Å². The number of guanidine groups is 1. The van der Waals surface area contributed by atoms with Gasteiger partial charge in [0.1, 0.15) is 4.90 Å². The second-order valence-electron chi connectivity index (χ2n) is 5.50. The molecule has 0 amide bonds. The summed E-state index contributed by atoms with van der Waals surface area (Å²) in [4.78, 5) is 8.54. The summed E-state index contributed by atoms with van der Waals surface area (Å²) in [5.41, 5.74) is 1.57. The van der Waals surface area contributed by atoms with Crippen molar-refractivity contribution in [3.8, 4) is 0 Å². The van der Waals surface area contributed by atoms with Crippen LogP contribution in [0, 0.1) is 6.92 Å². The number of fused-ring (bicyclic) bond motifs is 1. The Labute approximate surface area is 126 Å². The first kappa shape index (κ1) is 15.8. The summed E-state index contributed by atoms with van der Waals surface area (Å²) in [6.07, 6.45) is 0.882. The third-order valence-corrected chi connectivity index (χ3v) is 4.69. The van der Waals surface area contributed by atoms with Crippen molar-refractivity contribution in [2.24, 2.45) is 4.99 Å². The number of anilines is 1. The minimum atomic E-state index is -3.53. The molecule has 0 saturated carbocycles. The van der Waals surface area contributed by atoms with Gasteiger partial charge < -0.3 is 9.80 Å². The fourth-order valence-electron chi connectivity index (χ4n) is 2.18. The van der Waals surface area contributed by atoms with Crippen molar-refractivity contribution in [3.05, 3.63) is 23.8 Å². The monoisotopic (exact) mass is 310 g/mol. The Morgan fingerprint density at radius 3 is 2.71 bits per heavy atom. The third-order valence-electron chi connectivity index (χ3n) is 3.33. The van der Waals surface area contributed by atoms with Crippen LogP contribution in [0.25, 0.3) is 0 Å². The minimum absolute atomic E-state index is 0.303. The molecule has 1 N–H and O–H groups in total. The molecule has 0 aliphatic carbocycles. The normalized spacial score (nSPS) is 18.7. The van der Waals surface area contributed by atoms with Crippen LogP contribution < -0.4 is 9.62 Å². The second kappa shape index (κ2) is 6.03. The van der Waals surface area contributed by atoms with E-state index in [2.05, 4.69) is 14.6 Å². The van der Waals surface area contributed by atoms with E-state index in [1.807, 2.05) is 40.2 Å². The van der Waals surface area contributed by atoms with Gasteiger partial charge in [0.05, 0.1) is 5.69 Å². The van der Waals surface area contributed by atoms with Crippen molar-refractivity contribution in [2.75, 3.05) is 39.1 Å². The highest BCUT2D eigenvalue weighted by molar-refractivity contribution is 7.90. The zero-order valence-corrected chi connectivity index (χ0v) is 13.7. The van der Waals surface area contributed by atoms with Crippen molar-refractivity contribution >= 4 is 21.7 Å². The van der Waals surface area contributed by atoms with Crippen LogP contribution in [0.15, 0.2) is 28.1 Å². The molecule has 0 fully saturated rings. The van der Waals surface area contributed by atoms with Gasteiger partial charge >= 0.3 is 0 Å². The van der Waals surface area contributed by atoms with E-state index in [0.717, 1.165) is 18.5 Å². The van der Waals surface area contributed by atoms with Crippen molar-refractivity contribution in [1.29, 1.82) is 0 Å². The minimum Gasteiger partial charge on any atom is -0.314 e. The fourth-order valence-corrected chi connectivity index (χ4v) is 3.55. The molecule has 116 valence electrons. The number of aryl methyl sites for hydroxylation is 1. The number of hydrogen-bond donors (Lipinski definition) is 1. The van der Waals surface area contributed by atoms with Gasteiger partial charge in [-0.15, -0.1) is 0 Å². The van der Waals surface area contributed by atoms with Gasteiger partial charge in [0.25, 0.3) is 10.0 Å². The van der Waals surface area contributed by atoms with Crippen molar-refractivity contribution in [1.82, 2.24) is 9.62 Å². The van der Waals surface area contributed by atoms with Gasteiger partial charge in [-0.1, -0.05) is 6.07 Å². The molecule has 0 saturated heterocycles. The van der Waals surface area contributed by atoms with Crippen LogP contribution >= 0.6 is 0 Å². The van der Waals surface area contributed by atoms with Gasteiger partial charge in [-0.3, -0.25) is 4.99 Å². The van der Waals surface area contributed by atoms with Gasteiger partial charge in [0.15, 0.2) is 0 Å². The zero-order chi connectivity index (χ0) is 15.6. The molecule has 2 rings (SSSR count). The number of benzene rings is 1. The molecular weight excluding hydrogens is 288 g/mol. The Morgan fingerprint density at radius 2 is 2.05 bits per heavy atom. The first-order valence-electron chi connectivity index (χ1n) is 6.87. The summed E-state index contributed by atoms with van der Waals surface area (Å²) >= 11 is 0. The summed E-state index contributed by atoms with van der Waals surface area (Å²) in [6, 6.07) is 5.40. The Balaban J connectivity index is 2.25. The van der Waals surface area contributed by atoms with Gasteiger partial charge in [0.2, 0.25) is 5.96 Å². The van der Waals surface area contributed by atoms with Crippen LogP contribution in [0.5, 0.6) is 0 Å². The van der Waals surface area contributed by atoms with Crippen LogP contribution in [-0.4, -0.2) is 53.5 Å². The van der Waals surface area contributed by atoms with Crippen molar-refractivity contribution in [3.63, 3.8) is 0 Å². The maximum atomic E-state index is 12.3. The highest BCUT2D eigenvalue weighted by atomic mass is 32.2. The van der Waals surface area contributed by atoms with E-state index < -0.39 is 10.0 Å². The number of nitrogens with one attached hydrogen (secondary N) is 1. The summed E-state index contributed by atoms with van der Waals surface area (Å²) in [5, 5.41) is 0. The van der Waals surface area contributed by atoms with Crippen molar-refractivity contribution in [2.45, 2.75) is 18.2 Å². The van der Waals surface area contributed by atoms with Gasteiger partial charge in [-0.25, -0.2) is 13.1 Å². The number of sulfonamides is 1. The largest absolute Gasteiger partial charge is 0.314 e. The van der Waals surface area contributed by atoms with Gasteiger partial charge in [-0.05, 0) is 51.7 Å². The Hall–Kier alpha value is -1.60. The molecule has 1 aromatic rings. The molecule has 1 aliphatic heterocycles. The maximum absolute atomic E-state index is 12.3.